The number of hydrogen-bond donors (Lipinski definition) is 2. The zero-order valence-corrected chi connectivity index (χ0v) is 12.9. The fraction of sp³-hybridized carbons (Fsp3) is 0.267. The molecule has 0 amide bonds. The van der Waals surface area contributed by atoms with Crippen molar-refractivity contribution in [2.75, 3.05) is 5.32 Å². The summed E-state index contributed by atoms with van der Waals surface area (Å²) in [6.07, 6.45) is 3.48. The molecule has 2 aromatic rings. The van der Waals surface area contributed by atoms with E-state index in [1.807, 2.05) is 12.1 Å². The average molecular weight is 305 g/mol. The monoisotopic (exact) mass is 305 g/mol. The van der Waals surface area contributed by atoms with Gasteiger partial charge in [0.1, 0.15) is 0 Å². The summed E-state index contributed by atoms with van der Waals surface area (Å²) in [6.45, 7) is 4.25. The van der Waals surface area contributed by atoms with E-state index in [0.29, 0.717) is 6.54 Å². The zero-order chi connectivity index (χ0) is 15.3. The second kappa shape index (κ2) is 6.69. The lowest BCUT2D eigenvalue weighted by atomic mass is 10.2. The minimum absolute atomic E-state index is 0.125. The SMILES string of the molecule is CC(C)NS(=O)(=O)c1ccc(NCc2ccncc2)cc1. The molecule has 0 fully saturated rings. The Morgan fingerprint density at radius 3 is 2.24 bits per heavy atom. The number of benzene rings is 1. The fourth-order valence-electron chi connectivity index (χ4n) is 1.84. The number of hydrogen-bond acceptors (Lipinski definition) is 4. The molecule has 0 unspecified atom stereocenters. The van der Waals surface area contributed by atoms with Crippen LogP contribution in [0.5, 0.6) is 0 Å². The molecule has 0 bridgehead atoms. The molecule has 2 rings (SSSR count). The molecule has 5 nitrogen and oxygen atoms in total. The van der Waals surface area contributed by atoms with Crippen molar-refractivity contribution < 1.29 is 8.42 Å². The van der Waals surface area contributed by atoms with Crippen LogP contribution in [0.1, 0.15) is 19.4 Å². The summed E-state index contributed by atoms with van der Waals surface area (Å²) in [7, 11) is -3.43. The Morgan fingerprint density at radius 2 is 1.67 bits per heavy atom. The molecule has 1 aromatic heterocycles. The van der Waals surface area contributed by atoms with E-state index < -0.39 is 10.0 Å². The molecule has 112 valence electrons. The molecule has 0 saturated carbocycles. The van der Waals surface area contributed by atoms with E-state index in [4.69, 9.17) is 0 Å². The van der Waals surface area contributed by atoms with Gasteiger partial charge in [0.25, 0.3) is 0 Å². The van der Waals surface area contributed by atoms with Crippen molar-refractivity contribution in [3.63, 3.8) is 0 Å². The Hall–Kier alpha value is -1.92. The Bertz CT molecular complexity index is 668. The van der Waals surface area contributed by atoms with Crippen molar-refractivity contribution in [1.29, 1.82) is 0 Å². The van der Waals surface area contributed by atoms with Gasteiger partial charge in [0, 0.05) is 30.7 Å². The number of nitrogens with one attached hydrogen (secondary N) is 2. The summed E-state index contributed by atoms with van der Waals surface area (Å²) in [4.78, 5) is 4.23. The molecular formula is C15H19N3O2S. The van der Waals surface area contributed by atoms with Crippen molar-refractivity contribution >= 4 is 15.7 Å². The Kier molecular flexibility index (Phi) is 4.93. The lowest BCUT2D eigenvalue weighted by Gasteiger charge is -2.11. The smallest absolute Gasteiger partial charge is 0.240 e. The van der Waals surface area contributed by atoms with Gasteiger partial charge in [-0.15, -0.1) is 0 Å². The zero-order valence-electron chi connectivity index (χ0n) is 12.1. The van der Waals surface area contributed by atoms with Gasteiger partial charge in [-0.3, -0.25) is 4.98 Å². The standard InChI is InChI=1S/C15H19N3O2S/c1-12(2)18-21(19,20)15-5-3-14(4-6-15)17-11-13-7-9-16-10-8-13/h3-10,12,17-18H,11H2,1-2H3. The van der Waals surface area contributed by atoms with Crippen molar-refractivity contribution in [3.05, 3.63) is 54.4 Å². The maximum Gasteiger partial charge on any atom is 0.240 e. The van der Waals surface area contributed by atoms with Gasteiger partial charge in [0.2, 0.25) is 10.0 Å². The first-order valence-electron chi connectivity index (χ1n) is 6.72. The van der Waals surface area contributed by atoms with E-state index in [1.165, 1.54) is 0 Å². The van der Waals surface area contributed by atoms with Crippen LogP contribution in [-0.4, -0.2) is 19.4 Å². The fourth-order valence-corrected chi connectivity index (χ4v) is 3.09. The van der Waals surface area contributed by atoms with Crippen LogP contribution in [0.3, 0.4) is 0 Å². The normalized spacial score (nSPS) is 11.6. The van der Waals surface area contributed by atoms with Gasteiger partial charge < -0.3 is 5.32 Å². The molecule has 0 aliphatic heterocycles. The maximum absolute atomic E-state index is 12.0. The summed E-state index contributed by atoms with van der Waals surface area (Å²) in [5, 5.41) is 3.24. The quantitative estimate of drug-likeness (QED) is 0.859. The lowest BCUT2D eigenvalue weighted by molar-refractivity contribution is 0.570. The molecule has 0 aliphatic carbocycles. The van der Waals surface area contributed by atoms with E-state index in [2.05, 4.69) is 15.0 Å². The van der Waals surface area contributed by atoms with Gasteiger partial charge in [-0.25, -0.2) is 13.1 Å². The first-order chi connectivity index (χ1) is 9.97. The minimum Gasteiger partial charge on any atom is -0.381 e. The third kappa shape index (κ3) is 4.54. The highest BCUT2D eigenvalue weighted by Gasteiger charge is 2.14. The van der Waals surface area contributed by atoms with Crippen molar-refractivity contribution in [3.8, 4) is 0 Å². The van der Waals surface area contributed by atoms with Crippen molar-refractivity contribution in [1.82, 2.24) is 9.71 Å². The van der Waals surface area contributed by atoms with Gasteiger partial charge in [0.05, 0.1) is 4.90 Å². The molecule has 6 heteroatoms. The highest BCUT2D eigenvalue weighted by atomic mass is 32.2. The molecule has 0 aliphatic rings. The van der Waals surface area contributed by atoms with Gasteiger partial charge in [-0.1, -0.05) is 0 Å². The highest BCUT2D eigenvalue weighted by molar-refractivity contribution is 7.89. The minimum atomic E-state index is -3.43. The van der Waals surface area contributed by atoms with Gasteiger partial charge in [-0.2, -0.15) is 0 Å². The summed E-state index contributed by atoms with van der Waals surface area (Å²) >= 11 is 0. The third-order valence-corrected chi connectivity index (χ3v) is 4.48. The predicted molar refractivity (Wildman–Crippen MR) is 83.5 cm³/mol. The predicted octanol–water partition coefficient (Wildman–Crippen LogP) is 2.38. The van der Waals surface area contributed by atoms with Gasteiger partial charge >= 0.3 is 0 Å². The van der Waals surface area contributed by atoms with Crippen LogP contribution in [0.4, 0.5) is 5.69 Å². The molecule has 0 saturated heterocycles. The first-order valence-corrected chi connectivity index (χ1v) is 8.21. The van der Waals surface area contributed by atoms with E-state index >= 15 is 0 Å². The molecule has 1 heterocycles. The number of anilines is 1. The summed E-state index contributed by atoms with van der Waals surface area (Å²) in [5.41, 5.74) is 1.98. The largest absolute Gasteiger partial charge is 0.381 e. The second-order valence-corrected chi connectivity index (χ2v) is 6.72. The van der Waals surface area contributed by atoms with Crippen LogP contribution in [-0.2, 0) is 16.6 Å². The van der Waals surface area contributed by atoms with Crippen LogP contribution < -0.4 is 10.0 Å². The molecule has 0 spiro atoms. The molecule has 2 N–H and O–H groups in total. The first kappa shape index (κ1) is 15.5. The number of rotatable bonds is 6. The number of sulfonamides is 1. The van der Waals surface area contributed by atoms with Gasteiger partial charge in [-0.05, 0) is 55.8 Å². The summed E-state index contributed by atoms with van der Waals surface area (Å²) < 4.78 is 26.5. The third-order valence-electron chi connectivity index (χ3n) is 2.80. The molecule has 21 heavy (non-hydrogen) atoms. The Labute approximate surface area is 125 Å². The highest BCUT2D eigenvalue weighted by Crippen LogP contribution is 2.15. The van der Waals surface area contributed by atoms with E-state index in [1.54, 1.807) is 50.5 Å². The number of nitrogens with zero attached hydrogens (tertiary/aromatic N) is 1. The second-order valence-electron chi connectivity index (χ2n) is 5.01. The molecule has 1 aromatic carbocycles. The van der Waals surface area contributed by atoms with Crippen molar-refractivity contribution in [2.45, 2.75) is 31.3 Å². The van der Waals surface area contributed by atoms with Crippen LogP contribution in [0, 0.1) is 0 Å². The Morgan fingerprint density at radius 1 is 1.05 bits per heavy atom. The number of pyridine rings is 1. The van der Waals surface area contributed by atoms with E-state index in [9.17, 15) is 8.42 Å². The summed E-state index contributed by atoms with van der Waals surface area (Å²) in [5.74, 6) is 0. The maximum atomic E-state index is 12.0. The molecule has 0 radical (unpaired) electrons. The van der Waals surface area contributed by atoms with Crippen LogP contribution in [0.2, 0.25) is 0 Å². The molecule has 0 atom stereocenters. The van der Waals surface area contributed by atoms with Crippen LogP contribution in [0.15, 0.2) is 53.7 Å². The topological polar surface area (TPSA) is 71.1 Å². The Balaban J connectivity index is 2.02. The lowest BCUT2D eigenvalue weighted by Crippen LogP contribution is -2.30. The average Bonchev–Trinajstić information content (AvgIpc) is 2.45. The van der Waals surface area contributed by atoms with Crippen LogP contribution in [0.25, 0.3) is 0 Å². The number of aromatic nitrogens is 1. The summed E-state index contributed by atoms with van der Waals surface area (Å²) in [6, 6.07) is 10.4. The van der Waals surface area contributed by atoms with Crippen LogP contribution >= 0.6 is 0 Å². The van der Waals surface area contributed by atoms with Crippen molar-refractivity contribution in [2.24, 2.45) is 0 Å². The van der Waals surface area contributed by atoms with E-state index in [-0.39, 0.29) is 10.9 Å². The van der Waals surface area contributed by atoms with Gasteiger partial charge in [0.15, 0.2) is 0 Å². The molecular weight excluding hydrogens is 286 g/mol. The van der Waals surface area contributed by atoms with E-state index in [0.717, 1.165) is 11.3 Å².